The van der Waals surface area contributed by atoms with Crippen molar-refractivity contribution in [3.05, 3.63) is 107 Å². The number of hydrazone groups is 1. The predicted octanol–water partition coefficient (Wildman–Crippen LogP) is 4.88. The van der Waals surface area contributed by atoms with Crippen molar-refractivity contribution >= 4 is 38.1 Å². The molecule has 0 saturated carbocycles. The standard InChI is InChI=1S/C26H26BrN3O4S/c1-3-15-34-25-14-11-22(27)16-21(25)18-28-29-26(31)17-24(20-7-5-4-6-8-20)30-35(32,33)23-12-9-19(2)10-13-23/h3-14,16,18,24,30H,1,15,17H2,2H3,(H,29,31)/b28-18-/t24-/m1/s1. The van der Waals surface area contributed by atoms with Gasteiger partial charge in [-0.25, -0.2) is 18.6 Å². The van der Waals surface area contributed by atoms with Gasteiger partial charge in [-0.3, -0.25) is 4.79 Å². The Bertz CT molecular complexity index is 1290. The van der Waals surface area contributed by atoms with Crippen LogP contribution in [0.15, 0.2) is 99.9 Å². The van der Waals surface area contributed by atoms with Crippen LogP contribution >= 0.6 is 15.9 Å². The van der Waals surface area contributed by atoms with Crippen molar-refractivity contribution in [2.24, 2.45) is 5.10 Å². The van der Waals surface area contributed by atoms with Gasteiger partial charge in [-0.15, -0.1) is 0 Å². The maximum Gasteiger partial charge on any atom is 0.242 e. The zero-order valence-electron chi connectivity index (χ0n) is 19.1. The number of halogens is 1. The second-order valence-corrected chi connectivity index (χ2v) is 10.3. The van der Waals surface area contributed by atoms with Gasteiger partial charge in [-0.1, -0.05) is 76.6 Å². The molecule has 7 nitrogen and oxygen atoms in total. The molecule has 0 saturated heterocycles. The molecule has 1 amide bonds. The van der Waals surface area contributed by atoms with Crippen molar-refractivity contribution in [3.8, 4) is 5.75 Å². The van der Waals surface area contributed by atoms with E-state index in [1.54, 1.807) is 54.6 Å². The molecule has 0 fully saturated rings. The molecule has 0 bridgehead atoms. The number of ether oxygens (including phenoxy) is 1. The van der Waals surface area contributed by atoms with Crippen LogP contribution in [-0.2, 0) is 14.8 Å². The predicted molar refractivity (Wildman–Crippen MR) is 141 cm³/mol. The number of amides is 1. The van der Waals surface area contributed by atoms with Crippen molar-refractivity contribution in [2.45, 2.75) is 24.3 Å². The monoisotopic (exact) mass is 555 g/mol. The van der Waals surface area contributed by atoms with Gasteiger partial charge in [0, 0.05) is 16.5 Å². The van der Waals surface area contributed by atoms with Crippen LogP contribution in [0.3, 0.4) is 0 Å². The Kier molecular flexibility index (Phi) is 9.36. The first kappa shape index (κ1) is 26.3. The minimum atomic E-state index is -3.85. The molecule has 3 rings (SSSR count). The molecule has 0 aromatic heterocycles. The third kappa shape index (κ3) is 7.88. The van der Waals surface area contributed by atoms with Gasteiger partial charge in [0.15, 0.2) is 0 Å². The first-order valence-corrected chi connectivity index (χ1v) is 13.0. The second-order valence-electron chi connectivity index (χ2n) is 7.68. The van der Waals surface area contributed by atoms with Crippen molar-refractivity contribution in [1.29, 1.82) is 0 Å². The van der Waals surface area contributed by atoms with Crippen LogP contribution in [0.25, 0.3) is 0 Å². The summed E-state index contributed by atoms with van der Waals surface area (Å²) in [7, 11) is -3.85. The maximum absolute atomic E-state index is 13.0. The third-order valence-electron chi connectivity index (χ3n) is 4.94. The van der Waals surface area contributed by atoms with Crippen molar-refractivity contribution in [3.63, 3.8) is 0 Å². The summed E-state index contributed by atoms with van der Waals surface area (Å²) in [5.74, 6) is 0.129. The molecule has 3 aromatic carbocycles. The fourth-order valence-electron chi connectivity index (χ4n) is 3.19. The number of nitrogens with zero attached hydrogens (tertiary/aromatic N) is 1. The van der Waals surface area contributed by atoms with E-state index in [4.69, 9.17) is 4.74 Å². The Balaban J connectivity index is 1.74. The molecular formula is C26H26BrN3O4S. The summed E-state index contributed by atoms with van der Waals surface area (Å²) in [6, 6.07) is 20.1. The number of rotatable bonds is 11. The number of carbonyl (C=O) groups is 1. The Morgan fingerprint density at radius 3 is 2.51 bits per heavy atom. The normalized spacial score (nSPS) is 12.3. The molecule has 3 aromatic rings. The van der Waals surface area contributed by atoms with Crippen molar-refractivity contribution in [1.82, 2.24) is 10.1 Å². The highest BCUT2D eigenvalue weighted by Crippen LogP contribution is 2.23. The molecule has 35 heavy (non-hydrogen) atoms. The average molecular weight is 556 g/mol. The Hall–Kier alpha value is -3.27. The maximum atomic E-state index is 13.0. The lowest BCUT2D eigenvalue weighted by molar-refractivity contribution is -0.121. The Morgan fingerprint density at radius 1 is 1.11 bits per heavy atom. The fraction of sp³-hybridized carbons (Fsp3) is 0.154. The van der Waals surface area contributed by atoms with Gasteiger partial charge in [0.05, 0.1) is 17.2 Å². The molecule has 0 heterocycles. The van der Waals surface area contributed by atoms with Gasteiger partial charge in [0.25, 0.3) is 0 Å². The molecule has 9 heteroatoms. The van der Waals surface area contributed by atoms with Crippen molar-refractivity contribution in [2.75, 3.05) is 6.61 Å². The van der Waals surface area contributed by atoms with E-state index in [0.29, 0.717) is 23.5 Å². The summed E-state index contributed by atoms with van der Waals surface area (Å²) in [5.41, 5.74) is 4.74. The lowest BCUT2D eigenvalue weighted by Gasteiger charge is -2.18. The number of hydrogen-bond acceptors (Lipinski definition) is 5. The number of benzene rings is 3. The van der Waals surface area contributed by atoms with Gasteiger partial charge >= 0.3 is 0 Å². The number of hydrogen-bond donors (Lipinski definition) is 2. The van der Waals surface area contributed by atoms with Crippen LogP contribution in [0, 0.1) is 6.92 Å². The van der Waals surface area contributed by atoms with E-state index >= 15 is 0 Å². The summed E-state index contributed by atoms with van der Waals surface area (Å²) in [5, 5.41) is 4.03. The SMILES string of the molecule is C=CCOc1ccc(Br)cc1/C=N\NC(=O)C[C@@H](NS(=O)(=O)c1ccc(C)cc1)c1ccccc1. The number of nitrogens with one attached hydrogen (secondary N) is 2. The highest BCUT2D eigenvalue weighted by Gasteiger charge is 2.23. The lowest BCUT2D eigenvalue weighted by Crippen LogP contribution is -2.32. The Labute approximate surface area is 214 Å². The highest BCUT2D eigenvalue weighted by atomic mass is 79.9. The summed E-state index contributed by atoms with van der Waals surface area (Å²) in [6.45, 7) is 5.84. The smallest absolute Gasteiger partial charge is 0.242 e. The zero-order valence-corrected chi connectivity index (χ0v) is 21.6. The average Bonchev–Trinajstić information content (AvgIpc) is 2.84. The lowest BCUT2D eigenvalue weighted by atomic mass is 10.0. The summed E-state index contributed by atoms with van der Waals surface area (Å²) >= 11 is 3.41. The van der Waals surface area contributed by atoms with Crippen LogP contribution in [0.2, 0.25) is 0 Å². The number of carbonyl (C=O) groups excluding carboxylic acids is 1. The van der Waals surface area contributed by atoms with Gasteiger partial charge in [0.2, 0.25) is 15.9 Å². The molecule has 182 valence electrons. The zero-order chi connectivity index (χ0) is 25.3. The first-order chi connectivity index (χ1) is 16.8. The van der Waals surface area contributed by atoms with Crippen LogP contribution in [-0.4, -0.2) is 27.1 Å². The van der Waals surface area contributed by atoms with E-state index in [0.717, 1.165) is 10.0 Å². The van der Waals surface area contributed by atoms with Gasteiger partial charge in [-0.2, -0.15) is 5.10 Å². The molecule has 2 N–H and O–H groups in total. The summed E-state index contributed by atoms with van der Waals surface area (Å²) in [6.07, 6.45) is 2.95. The highest BCUT2D eigenvalue weighted by molar-refractivity contribution is 9.10. The third-order valence-corrected chi connectivity index (χ3v) is 6.92. The molecule has 0 aliphatic carbocycles. The largest absolute Gasteiger partial charge is 0.489 e. The van der Waals surface area contributed by atoms with Crippen LogP contribution in [0.4, 0.5) is 0 Å². The van der Waals surface area contributed by atoms with Crippen LogP contribution < -0.4 is 14.9 Å². The number of sulfonamides is 1. The summed E-state index contributed by atoms with van der Waals surface area (Å²) < 4.78 is 35.0. The molecular weight excluding hydrogens is 530 g/mol. The van der Waals surface area contributed by atoms with E-state index in [-0.39, 0.29) is 11.3 Å². The second kappa shape index (κ2) is 12.4. The first-order valence-electron chi connectivity index (χ1n) is 10.8. The molecule has 0 aliphatic rings. The fourth-order valence-corrected chi connectivity index (χ4v) is 4.79. The van der Waals surface area contributed by atoms with Crippen molar-refractivity contribution < 1.29 is 17.9 Å². The minimum absolute atomic E-state index is 0.129. The quantitative estimate of drug-likeness (QED) is 0.200. The van der Waals surface area contributed by atoms with E-state index in [9.17, 15) is 13.2 Å². The van der Waals surface area contributed by atoms with Crippen LogP contribution in [0.5, 0.6) is 5.75 Å². The van der Waals surface area contributed by atoms with Gasteiger partial charge in [-0.05, 0) is 42.8 Å². The molecule has 0 radical (unpaired) electrons. The number of aryl methyl sites for hydroxylation is 1. The van der Waals surface area contributed by atoms with Gasteiger partial charge < -0.3 is 4.74 Å². The van der Waals surface area contributed by atoms with E-state index in [1.165, 1.54) is 18.3 Å². The van der Waals surface area contributed by atoms with Crippen LogP contribution in [0.1, 0.15) is 29.2 Å². The van der Waals surface area contributed by atoms with E-state index in [1.807, 2.05) is 19.1 Å². The molecule has 0 aliphatic heterocycles. The topological polar surface area (TPSA) is 96.9 Å². The molecule has 0 unspecified atom stereocenters. The van der Waals surface area contributed by atoms with Gasteiger partial charge in [0.1, 0.15) is 12.4 Å². The van der Waals surface area contributed by atoms with E-state index in [2.05, 4.69) is 37.8 Å². The minimum Gasteiger partial charge on any atom is -0.489 e. The Morgan fingerprint density at radius 2 is 1.83 bits per heavy atom. The molecule has 1 atom stereocenters. The van der Waals surface area contributed by atoms with E-state index < -0.39 is 22.0 Å². The molecule has 0 spiro atoms. The summed E-state index contributed by atoms with van der Waals surface area (Å²) in [4.78, 5) is 12.8.